The number of carbonyl (C=O) groups excluding carboxylic acids is 1. The number of nitrogen functional groups attached to an aromatic ring is 1. The van der Waals surface area contributed by atoms with Gasteiger partial charge in [-0.25, -0.2) is 4.79 Å². The van der Waals surface area contributed by atoms with Gasteiger partial charge >= 0.3 is 16.2 Å². The van der Waals surface area contributed by atoms with E-state index in [9.17, 15) is 24.2 Å². The van der Waals surface area contributed by atoms with Crippen LogP contribution in [0.3, 0.4) is 0 Å². The van der Waals surface area contributed by atoms with Crippen LogP contribution in [0.25, 0.3) is 11.1 Å². The van der Waals surface area contributed by atoms with Crippen LogP contribution in [-0.2, 0) is 11.2 Å². The van der Waals surface area contributed by atoms with Crippen LogP contribution in [-0.4, -0.2) is 19.7 Å². The lowest BCUT2D eigenvalue weighted by atomic mass is 9.95. The fourth-order valence-electron chi connectivity index (χ4n) is 2.85. The van der Waals surface area contributed by atoms with Crippen molar-refractivity contribution < 1.29 is 33.7 Å². The van der Waals surface area contributed by atoms with E-state index in [1.807, 2.05) is 0 Å². The number of methoxy groups -OCH3 is 1. The fraction of sp³-hybridized carbons (Fsp3) is 0.188. The number of hydrogen-bond acceptors (Lipinski definition) is 4. The minimum absolute atomic E-state index is 0.0629. The SMILES string of the molecule is COC(=O)c1c(N)cc(-c2ccc(S(F)(F)(F)(F)F)cc2)c2c1CCO2. The van der Waals surface area contributed by atoms with Gasteiger partial charge < -0.3 is 15.2 Å². The second-order valence-corrected chi connectivity index (χ2v) is 8.19. The highest BCUT2D eigenvalue weighted by atomic mass is 32.5. The van der Waals surface area contributed by atoms with Crippen molar-refractivity contribution in [2.45, 2.75) is 11.3 Å². The number of ether oxygens (including phenoxy) is 2. The summed E-state index contributed by atoms with van der Waals surface area (Å²) in [5.74, 6) is -0.383. The summed E-state index contributed by atoms with van der Waals surface area (Å²) in [6, 6.07) is 3.83. The predicted molar refractivity (Wildman–Crippen MR) is 88.2 cm³/mol. The van der Waals surface area contributed by atoms with Crippen molar-refractivity contribution in [3.63, 3.8) is 0 Å². The molecule has 26 heavy (non-hydrogen) atoms. The molecule has 4 nitrogen and oxygen atoms in total. The minimum atomic E-state index is -9.74. The second-order valence-electron chi connectivity index (χ2n) is 5.78. The van der Waals surface area contributed by atoms with Gasteiger partial charge in [0.2, 0.25) is 0 Å². The van der Waals surface area contributed by atoms with Crippen molar-refractivity contribution in [2.75, 3.05) is 19.5 Å². The van der Waals surface area contributed by atoms with E-state index in [1.165, 1.54) is 13.2 Å². The Labute approximate surface area is 145 Å². The Bertz CT molecular complexity index is 911. The van der Waals surface area contributed by atoms with Crippen molar-refractivity contribution in [3.8, 4) is 16.9 Å². The van der Waals surface area contributed by atoms with Crippen molar-refractivity contribution in [2.24, 2.45) is 0 Å². The number of hydrogen-bond donors (Lipinski definition) is 1. The third-order valence-electron chi connectivity index (χ3n) is 4.01. The molecule has 3 rings (SSSR count). The largest absolute Gasteiger partial charge is 0.492 e. The van der Waals surface area contributed by atoms with Gasteiger partial charge in [-0.2, -0.15) is 0 Å². The van der Waals surface area contributed by atoms with Gasteiger partial charge in [-0.3, -0.25) is 0 Å². The Morgan fingerprint density at radius 2 is 1.77 bits per heavy atom. The van der Waals surface area contributed by atoms with Gasteiger partial charge in [-0.15, -0.1) is 0 Å². The summed E-state index contributed by atoms with van der Waals surface area (Å²) >= 11 is 0. The van der Waals surface area contributed by atoms with Gasteiger partial charge in [0.15, 0.2) is 0 Å². The maximum Gasteiger partial charge on any atom is 0.340 e. The van der Waals surface area contributed by atoms with Gasteiger partial charge in [-0.05, 0) is 23.8 Å². The molecule has 0 unspecified atom stereocenters. The first-order valence-corrected chi connectivity index (χ1v) is 9.28. The minimum Gasteiger partial charge on any atom is -0.492 e. The van der Waals surface area contributed by atoms with Crippen LogP contribution in [0.5, 0.6) is 5.75 Å². The molecule has 2 N–H and O–H groups in total. The van der Waals surface area contributed by atoms with E-state index in [1.54, 1.807) is 0 Å². The molecule has 1 aliphatic heterocycles. The Balaban J connectivity index is 2.14. The normalized spacial score (nSPS) is 16.2. The summed E-state index contributed by atoms with van der Waals surface area (Å²) in [4.78, 5) is 9.92. The summed E-state index contributed by atoms with van der Waals surface area (Å²) in [5, 5.41) is 0. The van der Waals surface area contributed by atoms with E-state index >= 15 is 0 Å². The summed E-state index contributed by atoms with van der Waals surface area (Å²) in [6.07, 6.45) is 0.362. The van der Waals surface area contributed by atoms with Crippen LogP contribution in [0.15, 0.2) is 35.2 Å². The van der Waals surface area contributed by atoms with Crippen LogP contribution in [0, 0.1) is 0 Å². The second kappa shape index (κ2) is 5.03. The lowest BCUT2D eigenvalue weighted by Crippen LogP contribution is -2.09. The average Bonchev–Trinajstić information content (AvgIpc) is 3.00. The zero-order valence-corrected chi connectivity index (χ0v) is 14.2. The molecule has 10 heteroatoms. The smallest absolute Gasteiger partial charge is 0.340 e. The molecule has 0 fully saturated rings. The van der Waals surface area contributed by atoms with Crippen LogP contribution in [0.2, 0.25) is 0 Å². The van der Waals surface area contributed by atoms with E-state index in [4.69, 9.17) is 10.5 Å². The van der Waals surface area contributed by atoms with Gasteiger partial charge in [-0.1, -0.05) is 31.6 Å². The molecule has 142 valence electrons. The van der Waals surface area contributed by atoms with Crippen molar-refractivity contribution in [1.82, 2.24) is 0 Å². The van der Waals surface area contributed by atoms with Crippen LogP contribution < -0.4 is 10.5 Å². The van der Waals surface area contributed by atoms with Gasteiger partial charge in [0.1, 0.15) is 10.6 Å². The van der Waals surface area contributed by atoms with E-state index in [-0.39, 0.29) is 29.2 Å². The molecule has 0 saturated carbocycles. The van der Waals surface area contributed by atoms with Crippen LogP contribution >= 0.6 is 10.2 Å². The number of halogens is 5. The molecule has 1 heterocycles. The first-order chi connectivity index (χ1) is 11.8. The molecule has 0 aromatic heterocycles. The third-order valence-corrected chi connectivity index (χ3v) is 5.17. The van der Waals surface area contributed by atoms with E-state index < -0.39 is 21.1 Å². The Morgan fingerprint density at radius 1 is 1.15 bits per heavy atom. The molecule has 0 radical (unpaired) electrons. The molecule has 1 aliphatic rings. The number of esters is 1. The monoisotopic (exact) mass is 395 g/mol. The van der Waals surface area contributed by atoms with E-state index in [2.05, 4.69) is 4.74 Å². The molecule has 2 aromatic rings. The highest BCUT2D eigenvalue weighted by Gasteiger charge is 2.65. The average molecular weight is 395 g/mol. The Kier molecular flexibility index (Phi) is 3.54. The molecule has 0 aliphatic carbocycles. The fourth-order valence-corrected chi connectivity index (χ4v) is 3.50. The predicted octanol–water partition coefficient (Wildman–Crippen LogP) is 5.31. The van der Waals surface area contributed by atoms with Crippen LogP contribution in [0.1, 0.15) is 15.9 Å². The standard InChI is InChI=1S/C16H14F5NO3S/c1-24-16(23)14-11-6-7-25-15(11)12(8-13(14)22)9-2-4-10(5-3-9)26(17,18,19,20)21/h2-5,8H,6-7,22H2,1H3. The topological polar surface area (TPSA) is 61.5 Å². The Morgan fingerprint density at radius 3 is 2.31 bits per heavy atom. The first kappa shape index (κ1) is 18.3. The maximum absolute atomic E-state index is 12.9. The van der Waals surface area contributed by atoms with E-state index in [0.29, 0.717) is 29.7 Å². The maximum atomic E-state index is 12.9. The highest BCUT2D eigenvalue weighted by molar-refractivity contribution is 8.45. The first-order valence-electron chi connectivity index (χ1n) is 7.33. The van der Waals surface area contributed by atoms with Crippen LogP contribution in [0.4, 0.5) is 25.1 Å². The molecule has 0 amide bonds. The van der Waals surface area contributed by atoms with Crippen molar-refractivity contribution >= 4 is 21.9 Å². The third kappa shape index (κ3) is 3.16. The lowest BCUT2D eigenvalue weighted by molar-refractivity contribution is 0.0601. The summed E-state index contributed by atoms with van der Waals surface area (Å²) in [7, 11) is -8.55. The van der Waals surface area contributed by atoms with Gasteiger partial charge in [0, 0.05) is 23.2 Å². The number of fused-ring (bicyclic) bond motifs is 1. The van der Waals surface area contributed by atoms with Crippen molar-refractivity contribution in [3.05, 3.63) is 41.5 Å². The molecular weight excluding hydrogens is 381 g/mol. The number of rotatable bonds is 3. The number of benzene rings is 2. The van der Waals surface area contributed by atoms with E-state index in [0.717, 1.165) is 12.1 Å². The lowest BCUT2D eigenvalue weighted by Gasteiger charge is -2.40. The summed E-state index contributed by atoms with van der Waals surface area (Å²) in [6.45, 7) is 0.249. The Hall–Kier alpha value is -2.49. The molecule has 0 bridgehead atoms. The molecule has 0 saturated heterocycles. The molecular formula is C16H14F5NO3S. The zero-order valence-electron chi connectivity index (χ0n) is 13.4. The zero-order chi connectivity index (χ0) is 19.4. The quantitative estimate of drug-likeness (QED) is 0.434. The molecule has 0 atom stereocenters. The van der Waals surface area contributed by atoms with Gasteiger partial charge in [0.05, 0.1) is 19.3 Å². The molecule has 2 aromatic carbocycles. The van der Waals surface area contributed by atoms with Gasteiger partial charge in [0.25, 0.3) is 0 Å². The summed E-state index contributed by atoms with van der Waals surface area (Å²) in [5.41, 5.74) is 7.09. The highest BCUT2D eigenvalue weighted by Crippen LogP contribution is 3.02. The number of carbonyl (C=O) groups is 1. The summed E-state index contributed by atoms with van der Waals surface area (Å²) < 4.78 is 74.4. The molecule has 0 spiro atoms. The van der Waals surface area contributed by atoms with Crippen molar-refractivity contribution in [1.29, 1.82) is 0 Å². The number of anilines is 1. The number of nitrogens with two attached hydrogens (primary N) is 1.